The van der Waals surface area contributed by atoms with E-state index in [1.165, 1.54) is 45.2 Å². The largest absolute Gasteiger partial charge is 0.350 e. The fraction of sp³-hybridized carbons (Fsp3) is 0.526. The van der Waals surface area contributed by atoms with Gasteiger partial charge >= 0.3 is 0 Å². The average molecular weight is 346 g/mol. The van der Waals surface area contributed by atoms with E-state index in [4.69, 9.17) is 11.6 Å². The van der Waals surface area contributed by atoms with Crippen molar-refractivity contribution in [3.8, 4) is 0 Å². The van der Waals surface area contributed by atoms with Gasteiger partial charge in [0.1, 0.15) is 5.69 Å². The Morgan fingerprint density at radius 1 is 1.25 bits per heavy atom. The summed E-state index contributed by atoms with van der Waals surface area (Å²) in [6.07, 6.45) is 6.40. The van der Waals surface area contributed by atoms with Crippen molar-refractivity contribution in [2.45, 2.75) is 38.1 Å². The Morgan fingerprint density at radius 3 is 3.00 bits per heavy atom. The van der Waals surface area contributed by atoms with E-state index in [0.29, 0.717) is 22.7 Å². The van der Waals surface area contributed by atoms with Crippen molar-refractivity contribution in [2.24, 2.45) is 5.92 Å². The van der Waals surface area contributed by atoms with E-state index in [-0.39, 0.29) is 5.91 Å². The Kier molecular flexibility index (Phi) is 4.51. The smallest absolute Gasteiger partial charge is 0.267 e. The number of carbonyl (C=O) groups is 1. The van der Waals surface area contributed by atoms with Gasteiger partial charge in [0.05, 0.1) is 0 Å². The molecule has 4 rings (SSSR count). The van der Waals surface area contributed by atoms with E-state index in [9.17, 15) is 4.79 Å². The third-order valence-corrected chi connectivity index (χ3v) is 5.94. The number of nitrogens with zero attached hydrogens (tertiary/aromatic N) is 1. The predicted molar refractivity (Wildman–Crippen MR) is 97.6 cm³/mol. The lowest BCUT2D eigenvalue weighted by Crippen LogP contribution is -2.51. The lowest BCUT2D eigenvalue weighted by Gasteiger charge is -2.44. The van der Waals surface area contributed by atoms with Gasteiger partial charge in [-0.2, -0.15) is 0 Å². The number of aromatic nitrogens is 1. The number of hydrogen-bond acceptors (Lipinski definition) is 2. The number of aromatic amines is 1. The molecular formula is C19H24ClN3O. The van der Waals surface area contributed by atoms with Crippen molar-refractivity contribution in [2.75, 3.05) is 19.6 Å². The number of H-pyrrole nitrogens is 1. The molecule has 2 fully saturated rings. The minimum Gasteiger partial charge on any atom is -0.350 e. The molecule has 128 valence electrons. The Hall–Kier alpha value is -1.52. The highest BCUT2D eigenvalue weighted by Crippen LogP contribution is 2.30. The molecule has 0 spiro atoms. The molecule has 2 aliphatic rings. The Morgan fingerprint density at radius 2 is 2.12 bits per heavy atom. The van der Waals surface area contributed by atoms with Gasteiger partial charge in [-0.3, -0.25) is 4.79 Å². The molecule has 0 radical (unpaired) electrons. The number of fused-ring (bicyclic) bond motifs is 2. The lowest BCUT2D eigenvalue weighted by molar-refractivity contribution is 0.0575. The van der Waals surface area contributed by atoms with Crippen LogP contribution >= 0.6 is 11.6 Å². The van der Waals surface area contributed by atoms with Crippen molar-refractivity contribution in [3.63, 3.8) is 0 Å². The van der Waals surface area contributed by atoms with Gasteiger partial charge in [0.15, 0.2) is 0 Å². The molecule has 0 unspecified atom stereocenters. The van der Waals surface area contributed by atoms with Crippen LogP contribution in [0.2, 0.25) is 5.02 Å². The van der Waals surface area contributed by atoms with Crippen LogP contribution in [-0.2, 0) is 0 Å². The first-order valence-electron chi connectivity index (χ1n) is 9.02. The van der Waals surface area contributed by atoms with Gasteiger partial charge in [-0.15, -0.1) is 0 Å². The maximum atomic E-state index is 12.5. The number of piperidine rings is 2. The van der Waals surface area contributed by atoms with Gasteiger partial charge in [0.2, 0.25) is 0 Å². The molecule has 1 amide bonds. The zero-order chi connectivity index (χ0) is 16.5. The summed E-state index contributed by atoms with van der Waals surface area (Å²) in [6.45, 7) is 3.23. The standard InChI is InChI=1S/C19H24ClN3O/c20-15-6-3-7-16-14(15)11-17(22-16)19(24)21-12-13-5-4-10-23-9-2-1-8-18(13)23/h3,6-7,11,13,18,22H,1-2,4-5,8-10,12H2,(H,21,24)/t13-,18-/m0/s1. The zero-order valence-corrected chi connectivity index (χ0v) is 14.6. The summed E-state index contributed by atoms with van der Waals surface area (Å²) in [5.74, 6) is 0.547. The molecule has 1 aromatic heterocycles. The van der Waals surface area contributed by atoms with E-state index in [2.05, 4.69) is 15.2 Å². The molecule has 0 aliphatic carbocycles. The second kappa shape index (κ2) is 6.77. The Bertz CT molecular complexity index is 739. The molecule has 0 bridgehead atoms. The first kappa shape index (κ1) is 16.0. The predicted octanol–water partition coefficient (Wildman–Crippen LogP) is 3.82. The highest BCUT2D eigenvalue weighted by atomic mass is 35.5. The topological polar surface area (TPSA) is 48.1 Å². The zero-order valence-electron chi connectivity index (χ0n) is 13.9. The van der Waals surface area contributed by atoms with Gasteiger partial charge in [-0.1, -0.05) is 24.1 Å². The monoisotopic (exact) mass is 345 g/mol. The fourth-order valence-corrected chi connectivity index (χ4v) is 4.60. The number of halogens is 1. The van der Waals surface area contributed by atoms with Crippen LogP contribution in [0, 0.1) is 5.92 Å². The number of nitrogens with one attached hydrogen (secondary N) is 2. The van der Waals surface area contributed by atoms with Crippen molar-refractivity contribution < 1.29 is 4.79 Å². The van der Waals surface area contributed by atoms with E-state index < -0.39 is 0 Å². The number of rotatable bonds is 3. The molecule has 2 aromatic rings. The van der Waals surface area contributed by atoms with Gasteiger partial charge in [0, 0.05) is 28.5 Å². The molecule has 1 aromatic carbocycles. The van der Waals surface area contributed by atoms with Gasteiger partial charge in [0.25, 0.3) is 5.91 Å². The molecule has 4 nitrogen and oxygen atoms in total. The maximum Gasteiger partial charge on any atom is 0.267 e. The first-order chi connectivity index (χ1) is 11.7. The molecule has 2 atom stereocenters. The minimum absolute atomic E-state index is 0.0322. The molecular weight excluding hydrogens is 322 g/mol. The second-order valence-electron chi connectivity index (χ2n) is 7.10. The van der Waals surface area contributed by atoms with Crippen molar-refractivity contribution in [1.82, 2.24) is 15.2 Å². The van der Waals surface area contributed by atoms with Crippen LogP contribution in [0.3, 0.4) is 0 Å². The minimum atomic E-state index is -0.0322. The van der Waals surface area contributed by atoms with Gasteiger partial charge in [-0.25, -0.2) is 0 Å². The molecule has 0 saturated carbocycles. The quantitative estimate of drug-likeness (QED) is 0.888. The van der Waals surface area contributed by atoms with Crippen LogP contribution < -0.4 is 5.32 Å². The maximum absolute atomic E-state index is 12.5. The fourth-order valence-electron chi connectivity index (χ4n) is 4.37. The number of hydrogen-bond donors (Lipinski definition) is 2. The van der Waals surface area contributed by atoms with E-state index in [1.54, 1.807) is 0 Å². The Balaban J connectivity index is 1.42. The van der Waals surface area contributed by atoms with Crippen LogP contribution in [-0.4, -0.2) is 41.5 Å². The summed E-state index contributed by atoms with van der Waals surface area (Å²) >= 11 is 6.19. The third-order valence-electron chi connectivity index (χ3n) is 5.61. The average Bonchev–Trinajstić information content (AvgIpc) is 3.05. The number of benzene rings is 1. The molecule has 3 heterocycles. The van der Waals surface area contributed by atoms with Crippen LogP contribution in [0.4, 0.5) is 0 Å². The molecule has 24 heavy (non-hydrogen) atoms. The van der Waals surface area contributed by atoms with Crippen LogP contribution in [0.1, 0.15) is 42.6 Å². The molecule has 2 saturated heterocycles. The lowest BCUT2D eigenvalue weighted by atomic mass is 9.83. The van der Waals surface area contributed by atoms with Crippen molar-refractivity contribution in [3.05, 3.63) is 35.0 Å². The third kappa shape index (κ3) is 3.05. The van der Waals surface area contributed by atoms with Gasteiger partial charge < -0.3 is 15.2 Å². The second-order valence-corrected chi connectivity index (χ2v) is 7.50. The summed E-state index contributed by atoms with van der Waals surface area (Å²) in [4.78, 5) is 18.3. The van der Waals surface area contributed by atoms with Gasteiger partial charge in [-0.05, 0) is 62.9 Å². The highest BCUT2D eigenvalue weighted by Gasteiger charge is 2.33. The molecule has 2 aliphatic heterocycles. The van der Waals surface area contributed by atoms with E-state index in [1.807, 2.05) is 24.3 Å². The van der Waals surface area contributed by atoms with Crippen molar-refractivity contribution >= 4 is 28.4 Å². The number of amides is 1. The highest BCUT2D eigenvalue weighted by molar-refractivity contribution is 6.35. The Labute approximate surface area is 147 Å². The number of carbonyl (C=O) groups excluding carboxylic acids is 1. The van der Waals surface area contributed by atoms with Crippen molar-refractivity contribution in [1.29, 1.82) is 0 Å². The van der Waals surface area contributed by atoms with Crippen LogP contribution in [0.25, 0.3) is 10.9 Å². The molecule has 2 N–H and O–H groups in total. The van der Waals surface area contributed by atoms with Crippen LogP contribution in [0.5, 0.6) is 0 Å². The summed E-state index contributed by atoms with van der Waals surface area (Å²) in [7, 11) is 0. The van der Waals surface area contributed by atoms with E-state index >= 15 is 0 Å². The van der Waals surface area contributed by atoms with E-state index in [0.717, 1.165) is 17.4 Å². The first-order valence-corrected chi connectivity index (χ1v) is 9.39. The summed E-state index contributed by atoms with van der Waals surface area (Å²) in [5, 5.41) is 4.72. The molecule has 5 heteroatoms. The summed E-state index contributed by atoms with van der Waals surface area (Å²) in [6, 6.07) is 8.19. The summed E-state index contributed by atoms with van der Waals surface area (Å²) < 4.78 is 0. The SMILES string of the molecule is O=C(NC[C@@H]1CCCN2CCCC[C@@H]12)c1cc2c(Cl)cccc2[nH]1. The normalized spacial score (nSPS) is 24.7. The van der Waals surface area contributed by atoms with Crippen LogP contribution in [0.15, 0.2) is 24.3 Å². The summed E-state index contributed by atoms with van der Waals surface area (Å²) in [5.41, 5.74) is 1.50.